The van der Waals surface area contributed by atoms with Gasteiger partial charge in [-0.2, -0.15) is 0 Å². The van der Waals surface area contributed by atoms with E-state index in [2.05, 4.69) is 5.32 Å². The molecule has 0 radical (unpaired) electrons. The van der Waals surface area contributed by atoms with E-state index in [4.69, 9.17) is 4.74 Å². The number of carbonyl (C=O) groups is 2. The van der Waals surface area contributed by atoms with E-state index in [1.165, 1.54) is 7.11 Å². The Morgan fingerprint density at radius 1 is 1.19 bits per heavy atom. The lowest BCUT2D eigenvalue weighted by molar-refractivity contribution is -0.152. The Labute approximate surface area is 125 Å². The molecule has 1 fully saturated rings. The minimum Gasteiger partial charge on any atom is -0.467 e. The number of benzene rings is 1. The van der Waals surface area contributed by atoms with E-state index < -0.39 is 5.54 Å². The van der Waals surface area contributed by atoms with Gasteiger partial charge in [-0.1, -0.05) is 43.5 Å². The summed E-state index contributed by atoms with van der Waals surface area (Å²) in [6.45, 7) is 1.99. The van der Waals surface area contributed by atoms with Gasteiger partial charge in [0.25, 0.3) is 0 Å². The van der Waals surface area contributed by atoms with Gasteiger partial charge in [-0.15, -0.1) is 0 Å². The zero-order valence-electron chi connectivity index (χ0n) is 12.8. The summed E-state index contributed by atoms with van der Waals surface area (Å²) in [5, 5.41) is 2.95. The number of hydrogen-bond acceptors (Lipinski definition) is 3. The number of esters is 1. The molecule has 0 aromatic heterocycles. The summed E-state index contributed by atoms with van der Waals surface area (Å²) in [4.78, 5) is 24.4. The minimum atomic E-state index is -0.827. The Balaban J connectivity index is 2.08. The molecule has 1 saturated carbocycles. The molecule has 0 bridgehead atoms. The lowest BCUT2D eigenvalue weighted by Crippen LogP contribution is -2.56. The van der Waals surface area contributed by atoms with Gasteiger partial charge in [-0.3, -0.25) is 4.79 Å². The van der Waals surface area contributed by atoms with Crippen LogP contribution < -0.4 is 5.32 Å². The predicted octanol–water partition coefficient (Wildman–Crippen LogP) is 2.53. The van der Waals surface area contributed by atoms with Gasteiger partial charge < -0.3 is 10.1 Å². The van der Waals surface area contributed by atoms with Gasteiger partial charge in [0.05, 0.1) is 13.5 Å². The van der Waals surface area contributed by atoms with Crippen molar-refractivity contribution in [3.8, 4) is 0 Å². The predicted molar refractivity (Wildman–Crippen MR) is 80.9 cm³/mol. The third-order valence-corrected chi connectivity index (χ3v) is 4.27. The molecule has 0 saturated heterocycles. The molecule has 1 aromatic carbocycles. The number of rotatable bonds is 4. The highest BCUT2D eigenvalue weighted by atomic mass is 16.5. The number of aryl methyl sites for hydroxylation is 1. The molecular formula is C17H23NO3. The fraction of sp³-hybridized carbons (Fsp3) is 0.529. The van der Waals surface area contributed by atoms with E-state index in [1.54, 1.807) is 0 Å². The van der Waals surface area contributed by atoms with E-state index in [0.717, 1.165) is 30.4 Å². The molecule has 1 aliphatic rings. The second-order valence-electron chi connectivity index (χ2n) is 5.79. The summed E-state index contributed by atoms with van der Waals surface area (Å²) in [5.41, 5.74) is 1.25. The number of methoxy groups -OCH3 is 1. The maximum Gasteiger partial charge on any atom is 0.331 e. The summed E-state index contributed by atoms with van der Waals surface area (Å²) in [6.07, 6.45) is 4.62. The van der Waals surface area contributed by atoms with Crippen LogP contribution in [0.15, 0.2) is 24.3 Å². The molecule has 0 unspecified atom stereocenters. The first-order chi connectivity index (χ1) is 10.1. The third kappa shape index (κ3) is 3.63. The van der Waals surface area contributed by atoms with Gasteiger partial charge in [-0.25, -0.2) is 4.79 Å². The van der Waals surface area contributed by atoms with Gasteiger partial charge in [0.1, 0.15) is 5.54 Å². The highest BCUT2D eigenvalue weighted by Gasteiger charge is 2.41. The van der Waals surface area contributed by atoms with Gasteiger partial charge >= 0.3 is 5.97 Å². The first kappa shape index (κ1) is 15.5. The summed E-state index contributed by atoms with van der Waals surface area (Å²) < 4.78 is 4.91. The monoisotopic (exact) mass is 289 g/mol. The minimum absolute atomic E-state index is 0.114. The van der Waals surface area contributed by atoms with Crippen LogP contribution in [-0.2, 0) is 20.7 Å². The van der Waals surface area contributed by atoms with Crippen molar-refractivity contribution in [3.63, 3.8) is 0 Å². The van der Waals surface area contributed by atoms with Crippen molar-refractivity contribution >= 4 is 11.9 Å². The van der Waals surface area contributed by atoms with Gasteiger partial charge in [-0.05, 0) is 30.9 Å². The molecule has 4 heteroatoms. The van der Waals surface area contributed by atoms with Crippen LogP contribution in [0.25, 0.3) is 0 Å². The number of ether oxygens (including phenoxy) is 1. The van der Waals surface area contributed by atoms with Gasteiger partial charge in [0.15, 0.2) is 0 Å². The molecule has 1 aliphatic carbocycles. The SMILES string of the molecule is COC(=O)C1(NC(=O)Cc2ccccc2C)CCCCC1. The molecule has 0 atom stereocenters. The molecule has 2 rings (SSSR count). The quantitative estimate of drug-likeness (QED) is 0.867. The molecule has 0 heterocycles. The smallest absolute Gasteiger partial charge is 0.331 e. The fourth-order valence-electron chi connectivity index (χ4n) is 3.02. The van der Waals surface area contributed by atoms with E-state index in [-0.39, 0.29) is 11.9 Å². The van der Waals surface area contributed by atoms with Crippen molar-refractivity contribution < 1.29 is 14.3 Å². The van der Waals surface area contributed by atoms with Gasteiger partial charge in [0.2, 0.25) is 5.91 Å². The molecule has 1 N–H and O–H groups in total. The number of amides is 1. The molecule has 4 nitrogen and oxygen atoms in total. The average Bonchev–Trinajstić information content (AvgIpc) is 2.49. The number of hydrogen-bond donors (Lipinski definition) is 1. The molecule has 1 amide bonds. The third-order valence-electron chi connectivity index (χ3n) is 4.27. The van der Waals surface area contributed by atoms with E-state index in [9.17, 15) is 9.59 Å². The first-order valence-electron chi connectivity index (χ1n) is 7.51. The molecule has 0 aliphatic heterocycles. The average molecular weight is 289 g/mol. The van der Waals surface area contributed by atoms with Crippen LogP contribution in [0.2, 0.25) is 0 Å². The van der Waals surface area contributed by atoms with Crippen molar-refractivity contribution in [2.45, 2.75) is 51.0 Å². The molecule has 0 spiro atoms. The Kier molecular flexibility index (Phi) is 4.99. The highest BCUT2D eigenvalue weighted by molar-refractivity contribution is 5.89. The van der Waals surface area contributed by atoms with Crippen LogP contribution in [0.3, 0.4) is 0 Å². The summed E-state index contributed by atoms with van der Waals surface area (Å²) in [5.74, 6) is -0.433. The molecular weight excluding hydrogens is 266 g/mol. The van der Waals surface area contributed by atoms with Crippen LogP contribution in [0.1, 0.15) is 43.2 Å². The van der Waals surface area contributed by atoms with Crippen molar-refractivity contribution in [3.05, 3.63) is 35.4 Å². The van der Waals surface area contributed by atoms with Gasteiger partial charge in [0, 0.05) is 0 Å². The number of nitrogens with one attached hydrogen (secondary N) is 1. The molecule has 114 valence electrons. The van der Waals surface area contributed by atoms with Crippen LogP contribution in [0, 0.1) is 6.92 Å². The van der Waals surface area contributed by atoms with E-state index in [0.29, 0.717) is 19.3 Å². The second-order valence-corrected chi connectivity index (χ2v) is 5.79. The van der Waals surface area contributed by atoms with Crippen molar-refractivity contribution in [1.29, 1.82) is 0 Å². The fourth-order valence-corrected chi connectivity index (χ4v) is 3.02. The lowest BCUT2D eigenvalue weighted by atomic mass is 9.81. The van der Waals surface area contributed by atoms with E-state index in [1.807, 2.05) is 31.2 Å². The van der Waals surface area contributed by atoms with Crippen molar-refractivity contribution in [2.75, 3.05) is 7.11 Å². The topological polar surface area (TPSA) is 55.4 Å². The van der Waals surface area contributed by atoms with Crippen LogP contribution >= 0.6 is 0 Å². The Morgan fingerprint density at radius 3 is 2.48 bits per heavy atom. The summed E-state index contributed by atoms with van der Waals surface area (Å²) in [6, 6.07) is 7.81. The van der Waals surface area contributed by atoms with Crippen LogP contribution in [0.4, 0.5) is 0 Å². The largest absolute Gasteiger partial charge is 0.467 e. The Hall–Kier alpha value is -1.84. The Morgan fingerprint density at radius 2 is 1.86 bits per heavy atom. The lowest BCUT2D eigenvalue weighted by Gasteiger charge is -2.35. The van der Waals surface area contributed by atoms with Crippen molar-refractivity contribution in [2.24, 2.45) is 0 Å². The first-order valence-corrected chi connectivity index (χ1v) is 7.51. The van der Waals surface area contributed by atoms with Crippen LogP contribution in [-0.4, -0.2) is 24.5 Å². The zero-order valence-corrected chi connectivity index (χ0v) is 12.8. The number of carbonyl (C=O) groups excluding carboxylic acids is 2. The maximum absolute atomic E-state index is 12.3. The maximum atomic E-state index is 12.3. The Bertz CT molecular complexity index is 519. The summed E-state index contributed by atoms with van der Waals surface area (Å²) >= 11 is 0. The second kappa shape index (κ2) is 6.74. The van der Waals surface area contributed by atoms with E-state index >= 15 is 0 Å². The highest BCUT2D eigenvalue weighted by Crippen LogP contribution is 2.29. The molecule has 21 heavy (non-hydrogen) atoms. The molecule has 1 aromatic rings. The normalized spacial score (nSPS) is 17.0. The zero-order chi connectivity index (χ0) is 15.3. The van der Waals surface area contributed by atoms with Crippen molar-refractivity contribution in [1.82, 2.24) is 5.32 Å². The standard InChI is InChI=1S/C17H23NO3/c1-13-8-4-5-9-14(13)12-15(19)18-17(16(20)21-2)10-6-3-7-11-17/h4-5,8-9H,3,6-7,10-12H2,1-2H3,(H,18,19). The summed E-state index contributed by atoms with van der Waals surface area (Å²) in [7, 11) is 1.38. The van der Waals surface area contributed by atoms with Crippen LogP contribution in [0.5, 0.6) is 0 Å².